The highest BCUT2D eigenvalue weighted by Crippen LogP contribution is 2.26. The zero-order chi connectivity index (χ0) is 19.5. The Balaban J connectivity index is 2.30. The number of alkyl halides is 3. The Hall–Kier alpha value is -2.90. The molecule has 0 spiro atoms. The summed E-state index contributed by atoms with van der Waals surface area (Å²) in [6, 6.07) is 5.60. The second kappa shape index (κ2) is 7.55. The summed E-state index contributed by atoms with van der Waals surface area (Å²) in [5.74, 6) is -2.29. The van der Waals surface area contributed by atoms with Crippen LogP contribution in [0.5, 0.6) is 0 Å². The van der Waals surface area contributed by atoms with Crippen molar-refractivity contribution in [2.45, 2.75) is 26.1 Å². The Morgan fingerprint density at radius 2 is 1.73 bits per heavy atom. The molecule has 0 saturated carbocycles. The van der Waals surface area contributed by atoms with Gasteiger partial charge in [-0.3, -0.25) is 14.6 Å². The molecule has 1 heterocycles. The normalized spacial score (nSPS) is 12.7. The molecule has 1 aromatic heterocycles. The van der Waals surface area contributed by atoms with Crippen molar-refractivity contribution in [3.8, 4) is 11.1 Å². The van der Waals surface area contributed by atoms with E-state index in [1.165, 1.54) is 44.4 Å². The van der Waals surface area contributed by atoms with Crippen LogP contribution in [-0.2, 0) is 0 Å². The van der Waals surface area contributed by atoms with Crippen molar-refractivity contribution in [3.05, 3.63) is 53.9 Å². The first-order chi connectivity index (χ1) is 12.1. The number of halogens is 3. The van der Waals surface area contributed by atoms with Crippen LogP contribution in [0.25, 0.3) is 11.1 Å². The molecule has 5 nitrogen and oxygen atoms in total. The number of carbonyl (C=O) groups is 2. The first-order valence-corrected chi connectivity index (χ1v) is 7.82. The van der Waals surface area contributed by atoms with E-state index < -0.39 is 30.0 Å². The molecule has 0 aliphatic rings. The number of pyridine rings is 1. The van der Waals surface area contributed by atoms with Gasteiger partial charge in [0.05, 0.1) is 5.56 Å². The average Bonchev–Trinajstić information content (AvgIpc) is 2.58. The van der Waals surface area contributed by atoms with Crippen molar-refractivity contribution in [2.75, 3.05) is 0 Å². The Kier molecular flexibility index (Phi) is 5.64. The number of hydrogen-bond acceptors (Lipinski definition) is 3. The number of nitrogens with two attached hydrogens (primary N) is 1. The van der Waals surface area contributed by atoms with Gasteiger partial charge in [-0.15, -0.1) is 0 Å². The third-order valence-corrected chi connectivity index (χ3v) is 3.79. The lowest BCUT2D eigenvalue weighted by Gasteiger charge is -2.25. The van der Waals surface area contributed by atoms with E-state index in [0.717, 1.165) is 0 Å². The van der Waals surface area contributed by atoms with E-state index in [4.69, 9.17) is 5.73 Å². The van der Waals surface area contributed by atoms with Crippen molar-refractivity contribution in [3.63, 3.8) is 0 Å². The van der Waals surface area contributed by atoms with Crippen molar-refractivity contribution >= 4 is 11.8 Å². The lowest BCUT2D eigenvalue weighted by Crippen LogP contribution is -2.48. The van der Waals surface area contributed by atoms with Crippen LogP contribution in [-0.4, -0.2) is 29.0 Å². The molecule has 3 N–H and O–H groups in total. The largest absolute Gasteiger partial charge is 0.408 e. The minimum atomic E-state index is -4.54. The number of nitrogens with one attached hydrogen (secondary N) is 1. The molecule has 0 fully saturated rings. The SMILES string of the molecule is CC(C)[C@@H](NC(=O)c1cccc(-c2cncc(C(N)=O)c2)c1)C(F)(F)F. The first kappa shape index (κ1) is 19.4. The Morgan fingerprint density at radius 3 is 2.31 bits per heavy atom. The minimum absolute atomic E-state index is 0.0712. The molecule has 2 rings (SSSR count). The van der Waals surface area contributed by atoms with E-state index in [0.29, 0.717) is 11.1 Å². The zero-order valence-corrected chi connectivity index (χ0v) is 14.2. The van der Waals surface area contributed by atoms with E-state index in [9.17, 15) is 22.8 Å². The molecule has 26 heavy (non-hydrogen) atoms. The van der Waals surface area contributed by atoms with Crippen molar-refractivity contribution in [1.82, 2.24) is 10.3 Å². The molecule has 0 bridgehead atoms. The molecule has 0 radical (unpaired) electrons. The topological polar surface area (TPSA) is 85.1 Å². The fraction of sp³-hybridized carbons (Fsp3) is 0.278. The fourth-order valence-corrected chi connectivity index (χ4v) is 2.42. The second-order valence-electron chi connectivity index (χ2n) is 6.14. The highest BCUT2D eigenvalue weighted by molar-refractivity contribution is 5.96. The summed E-state index contributed by atoms with van der Waals surface area (Å²) < 4.78 is 39.1. The molecule has 1 atom stereocenters. The van der Waals surface area contributed by atoms with E-state index in [2.05, 4.69) is 4.98 Å². The maximum absolute atomic E-state index is 13.0. The molecule has 138 valence electrons. The average molecular weight is 365 g/mol. The van der Waals surface area contributed by atoms with E-state index in [1.807, 2.05) is 5.32 Å². The van der Waals surface area contributed by atoms with Gasteiger partial charge < -0.3 is 11.1 Å². The molecule has 0 aliphatic carbocycles. The van der Waals surface area contributed by atoms with Crippen LogP contribution in [0.1, 0.15) is 34.6 Å². The van der Waals surface area contributed by atoms with Crippen LogP contribution in [0.15, 0.2) is 42.7 Å². The van der Waals surface area contributed by atoms with Gasteiger partial charge in [-0.25, -0.2) is 0 Å². The van der Waals surface area contributed by atoms with Crippen LogP contribution in [0.2, 0.25) is 0 Å². The monoisotopic (exact) mass is 365 g/mol. The summed E-state index contributed by atoms with van der Waals surface area (Å²) in [6.45, 7) is 2.77. The van der Waals surface area contributed by atoms with Crippen LogP contribution in [0, 0.1) is 5.92 Å². The Morgan fingerprint density at radius 1 is 1.08 bits per heavy atom. The summed E-state index contributed by atoms with van der Waals surface area (Å²) in [7, 11) is 0. The van der Waals surface area contributed by atoms with E-state index in [-0.39, 0.29) is 11.1 Å². The van der Waals surface area contributed by atoms with Gasteiger partial charge in [0.15, 0.2) is 0 Å². The lowest BCUT2D eigenvalue weighted by atomic mass is 10.0. The highest BCUT2D eigenvalue weighted by atomic mass is 19.4. The molecule has 2 amide bonds. The van der Waals surface area contributed by atoms with Gasteiger partial charge in [0.1, 0.15) is 6.04 Å². The minimum Gasteiger partial charge on any atom is -0.366 e. The van der Waals surface area contributed by atoms with Crippen LogP contribution >= 0.6 is 0 Å². The standard InChI is InChI=1S/C18H18F3N3O2/c1-10(2)15(18(19,20)21)24-17(26)12-5-3-4-11(6-12)13-7-14(16(22)25)9-23-8-13/h3-10,15H,1-2H3,(H2,22,25)(H,24,26)/t15-/m1/s1. The van der Waals surface area contributed by atoms with Crippen molar-refractivity contribution in [2.24, 2.45) is 11.7 Å². The Bertz CT molecular complexity index is 819. The van der Waals surface area contributed by atoms with Gasteiger partial charge in [0.25, 0.3) is 5.91 Å². The van der Waals surface area contributed by atoms with Gasteiger partial charge in [-0.05, 0) is 29.7 Å². The summed E-state index contributed by atoms with van der Waals surface area (Å²) in [4.78, 5) is 27.4. The summed E-state index contributed by atoms with van der Waals surface area (Å²) in [6.07, 6.45) is -1.77. The van der Waals surface area contributed by atoms with Gasteiger partial charge in [0, 0.05) is 23.5 Å². The zero-order valence-electron chi connectivity index (χ0n) is 14.2. The smallest absolute Gasteiger partial charge is 0.366 e. The molecule has 0 saturated heterocycles. The number of nitrogens with zero attached hydrogens (tertiary/aromatic N) is 1. The lowest BCUT2D eigenvalue weighted by molar-refractivity contribution is -0.162. The van der Waals surface area contributed by atoms with Gasteiger partial charge in [-0.1, -0.05) is 26.0 Å². The predicted molar refractivity (Wildman–Crippen MR) is 90.3 cm³/mol. The highest BCUT2D eigenvalue weighted by Gasteiger charge is 2.42. The number of benzene rings is 1. The fourth-order valence-electron chi connectivity index (χ4n) is 2.42. The molecule has 0 unspecified atom stereocenters. The third-order valence-electron chi connectivity index (χ3n) is 3.79. The van der Waals surface area contributed by atoms with Gasteiger partial charge in [-0.2, -0.15) is 13.2 Å². The number of amides is 2. The number of carbonyl (C=O) groups excluding carboxylic acids is 2. The summed E-state index contributed by atoms with van der Waals surface area (Å²) in [5, 5.41) is 2.03. The third kappa shape index (κ3) is 4.59. The summed E-state index contributed by atoms with van der Waals surface area (Å²) >= 11 is 0. The van der Waals surface area contributed by atoms with Crippen LogP contribution in [0.3, 0.4) is 0 Å². The molecule has 0 aliphatic heterocycles. The maximum atomic E-state index is 13.0. The van der Waals surface area contributed by atoms with E-state index >= 15 is 0 Å². The molecule has 8 heteroatoms. The van der Waals surface area contributed by atoms with Crippen molar-refractivity contribution in [1.29, 1.82) is 0 Å². The molecular weight excluding hydrogens is 347 g/mol. The van der Waals surface area contributed by atoms with Gasteiger partial charge >= 0.3 is 6.18 Å². The van der Waals surface area contributed by atoms with Crippen molar-refractivity contribution < 1.29 is 22.8 Å². The second-order valence-corrected chi connectivity index (χ2v) is 6.14. The number of rotatable bonds is 5. The molecule has 1 aromatic carbocycles. The van der Waals surface area contributed by atoms with Crippen LogP contribution < -0.4 is 11.1 Å². The number of hydrogen-bond donors (Lipinski definition) is 2. The predicted octanol–water partition coefficient (Wildman–Crippen LogP) is 3.16. The first-order valence-electron chi connectivity index (χ1n) is 7.82. The quantitative estimate of drug-likeness (QED) is 0.853. The summed E-state index contributed by atoms with van der Waals surface area (Å²) in [5.41, 5.74) is 6.52. The molecule has 2 aromatic rings. The van der Waals surface area contributed by atoms with Gasteiger partial charge in [0.2, 0.25) is 5.91 Å². The maximum Gasteiger partial charge on any atom is 0.408 e. The molecular formula is C18H18F3N3O2. The Labute approximate surface area is 148 Å². The van der Waals surface area contributed by atoms with E-state index in [1.54, 1.807) is 12.1 Å². The van der Waals surface area contributed by atoms with Crippen LogP contribution in [0.4, 0.5) is 13.2 Å². The number of aromatic nitrogens is 1. The number of primary amides is 1.